The Hall–Kier alpha value is -2.75. The number of anilines is 3. The average molecular weight is 471 g/mol. The van der Waals surface area contributed by atoms with Crippen LogP contribution in [0.2, 0.25) is 5.02 Å². The molecular formula is C23H24ClFN6O2. The molecule has 2 N–H and O–H groups in total. The molecule has 2 aromatic heterocycles. The first-order valence-electron chi connectivity index (χ1n) is 11.2. The summed E-state index contributed by atoms with van der Waals surface area (Å²) in [6.07, 6.45) is 3.56. The van der Waals surface area contributed by atoms with E-state index in [4.69, 9.17) is 26.1 Å². The first-order valence-corrected chi connectivity index (χ1v) is 11.6. The van der Waals surface area contributed by atoms with Crippen LogP contribution in [0.1, 0.15) is 12.8 Å². The summed E-state index contributed by atoms with van der Waals surface area (Å²) >= 11 is 6.28. The number of nitrogens with one attached hydrogen (secondary N) is 2. The third-order valence-corrected chi connectivity index (χ3v) is 7.03. The van der Waals surface area contributed by atoms with Gasteiger partial charge in [-0.2, -0.15) is 0 Å². The molecule has 0 amide bonds. The van der Waals surface area contributed by atoms with Crippen molar-refractivity contribution in [2.24, 2.45) is 5.92 Å². The van der Waals surface area contributed by atoms with Crippen LogP contribution in [0.4, 0.5) is 21.7 Å². The quantitative estimate of drug-likeness (QED) is 0.566. The number of hydrogen-bond acceptors (Lipinski definition) is 8. The molecule has 3 saturated heterocycles. The van der Waals surface area contributed by atoms with Gasteiger partial charge in [0.2, 0.25) is 0 Å². The molecule has 1 aromatic carbocycles. The number of aromatic nitrogens is 3. The minimum Gasteiger partial charge on any atom is -0.492 e. The predicted octanol–water partition coefficient (Wildman–Crippen LogP) is 3.53. The van der Waals surface area contributed by atoms with Crippen LogP contribution in [0.25, 0.3) is 11.0 Å². The van der Waals surface area contributed by atoms with Crippen LogP contribution in [-0.2, 0) is 4.74 Å². The molecule has 3 aromatic rings. The normalized spacial score (nSPS) is 21.2. The number of hydrogen-bond donors (Lipinski definition) is 2. The Balaban J connectivity index is 1.23. The summed E-state index contributed by atoms with van der Waals surface area (Å²) in [7, 11) is 0. The highest BCUT2D eigenvalue weighted by Crippen LogP contribution is 2.36. The summed E-state index contributed by atoms with van der Waals surface area (Å²) in [5.41, 5.74) is 1.71. The lowest BCUT2D eigenvalue weighted by Gasteiger charge is -2.56. The molecule has 3 fully saturated rings. The zero-order chi connectivity index (χ0) is 22.4. The van der Waals surface area contributed by atoms with Crippen LogP contribution in [0.5, 0.6) is 5.75 Å². The largest absolute Gasteiger partial charge is 0.492 e. The van der Waals surface area contributed by atoms with Crippen LogP contribution in [0.15, 0.2) is 30.6 Å². The van der Waals surface area contributed by atoms with Crippen molar-refractivity contribution in [2.75, 3.05) is 49.7 Å². The van der Waals surface area contributed by atoms with Crippen LogP contribution in [0.3, 0.4) is 0 Å². The van der Waals surface area contributed by atoms with Crippen molar-refractivity contribution in [2.45, 2.75) is 18.4 Å². The van der Waals surface area contributed by atoms with Gasteiger partial charge in [-0.15, -0.1) is 0 Å². The molecule has 5 heterocycles. The standard InChI is InChI=1S/C23H24ClFN6O2/c24-19-17(33-10-14-5-8-32-9-14)3-1-15(20(19)25)29-22-21-16(26-13-27-22)2-4-18(30-21)31-11-23(12-31)6-7-28-23/h1-4,13-14,28H,5-12H2,(H,26,27,29)/t14-/m0/s1. The number of pyridine rings is 1. The molecule has 33 heavy (non-hydrogen) atoms. The van der Waals surface area contributed by atoms with Crippen molar-refractivity contribution in [1.82, 2.24) is 20.3 Å². The second-order valence-corrected chi connectivity index (χ2v) is 9.36. The van der Waals surface area contributed by atoms with Crippen molar-refractivity contribution >= 4 is 40.0 Å². The van der Waals surface area contributed by atoms with E-state index in [1.807, 2.05) is 12.1 Å². The van der Waals surface area contributed by atoms with E-state index in [0.717, 1.165) is 38.5 Å². The van der Waals surface area contributed by atoms with Gasteiger partial charge in [0.15, 0.2) is 11.6 Å². The molecule has 1 atom stereocenters. The molecule has 1 spiro atoms. The number of nitrogens with zero attached hydrogens (tertiary/aromatic N) is 4. The summed E-state index contributed by atoms with van der Waals surface area (Å²) in [5.74, 6) is 1.30. The van der Waals surface area contributed by atoms with Crippen molar-refractivity contribution < 1.29 is 13.9 Å². The van der Waals surface area contributed by atoms with Gasteiger partial charge in [0, 0.05) is 25.6 Å². The van der Waals surface area contributed by atoms with E-state index >= 15 is 4.39 Å². The lowest BCUT2D eigenvalue weighted by molar-refractivity contribution is 0.159. The summed E-state index contributed by atoms with van der Waals surface area (Å²) < 4.78 is 26.2. The van der Waals surface area contributed by atoms with Gasteiger partial charge in [-0.1, -0.05) is 11.6 Å². The fourth-order valence-electron chi connectivity index (χ4n) is 4.58. The van der Waals surface area contributed by atoms with Crippen LogP contribution < -0.4 is 20.3 Å². The van der Waals surface area contributed by atoms with Crippen molar-refractivity contribution in [1.29, 1.82) is 0 Å². The molecule has 8 nitrogen and oxygen atoms in total. The first-order chi connectivity index (χ1) is 16.1. The third-order valence-electron chi connectivity index (χ3n) is 6.68. The van der Waals surface area contributed by atoms with Crippen LogP contribution in [-0.4, -0.2) is 59.9 Å². The zero-order valence-corrected chi connectivity index (χ0v) is 18.7. The number of rotatable bonds is 6. The zero-order valence-electron chi connectivity index (χ0n) is 18.0. The molecule has 0 aliphatic carbocycles. The predicted molar refractivity (Wildman–Crippen MR) is 124 cm³/mol. The summed E-state index contributed by atoms with van der Waals surface area (Å²) in [4.78, 5) is 15.6. The molecule has 172 valence electrons. The van der Waals surface area contributed by atoms with Crippen molar-refractivity contribution in [3.63, 3.8) is 0 Å². The monoisotopic (exact) mass is 470 g/mol. The van der Waals surface area contributed by atoms with E-state index in [1.54, 1.807) is 12.1 Å². The fraction of sp³-hybridized carbons (Fsp3) is 0.435. The van der Waals surface area contributed by atoms with Crippen molar-refractivity contribution in [3.8, 4) is 5.75 Å². The van der Waals surface area contributed by atoms with Crippen LogP contribution >= 0.6 is 11.6 Å². The van der Waals surface area contributed by atoms with E-state index < -0.39 is 5.82 Å². The Kier molecular flexibility index (Phi) is 5.20. The Morgan fingerprint density at radius 2 is 2.15 bits per heavy atom. The van der Waals surface area contributed by atoms with E-state index in [0.29, 0.717) is 41.7 Å². The van der Waals surface area contributed by atoms with Crippen LogP contribution in [0, 0.1) is 11.7 Å². The molecule has 0 radical (unpaired) electrons. The minimum absolute atomic E-state index is 0.0650. The van der Waals surface area contributed by atoms with Gasteiger partial charge in [-0.3, -0.25) is 0 Å². The fourth-order valence-corrected chi connectivity index (χ4v) is 4.80. The van der Waals surface area contributed by atoms with Gasteiger partial charge in [0.1, 0.15) is 28.4 Å². The number of ether oxygens (including phenoxy) is 2. The van der Waals surface area contributed by atoms with Gasteiger partial charge in [0.25, 0.3) is 0 Å². The second kappa shape index (κ2) is 8.23. The van der Waals surface area contributed by atoms with E-state index in [-0.39, 0.29) is 16.2 Å². The topological polar surface area (TPSA) is 84.4 Å². The highest BCUT2D eigenvalue weighted by molar-refractivity contribution is 6.32. The number of halogens is 2. The van der Waals surface area contributed by atoms with Gasteiger partial charge < -0.3 is 25.0 Å². The molecule has 6 rings (SSSR count). The highest BCUT2D eigenvalue weighted by Gasteiger charge is 2.47. The summed E-state index contributed by atoms with van der Waals surface area (Å²) in [5, 5.41) is 6.48. The maximum absolute atomic E-state index is 15.1. The maximum atomic E-state index is 15.1. The number of benzene rings is 1. The lowest BCUT2D eigenvalue weighted by Crippen LogP contribution is -2.76. The Morgan fingerprint density at radius 1 is 1.27 bits per heavy atom. The molecule has 3 aliphatic rings. The summed E-state index contributed by atoms with van der Waals surface area (Å²) in [6, 6.07) is 7.14. The third kappa shape index (κ3) is 3.84. The molecule has 3 aliphatic heterocycles. The Morgan fingerprint density at radius 3 is 2.91 bits per heavy atom. The molecular weight excluding hydrogens is 447 g/mol. The van der Waals surface area contributed by atoms with E-state index in [9.17, 15) is 0 Å². The average Bonchev–Trinajstić information content (AvgIpc) is 3.28. The van der Waals surface area contributed by atoms with Gasteiger partial charge >= 0.3 is 0 Å². The Bertz CT molecular complexity index is 1190. The maximum Gasteiger partial charge on any atom is 0.169 e. The lowest BCUT2D eigenvalue weighted by atomic mass is 9.80. The van der Waals surface area contributed by atoms with Gasteiger partial charge in [0.05, 0.1) is 30.0 Å². The minimum atomic E-state index is -0.597. The molecule has 10 heteroatoms. The second-order valence-electron chi connectivity index (χ2n) is 8.98. The summed E-state index contributed by atoms with van der Waals surface area (Å²) in [6.45, 7) is 4.78. The highest BCUT2D eigenvalue weighted by atomic mass is 35.5. The van der Waals surface area contributed by atoms with Crippen molar-refractivity contribution in [3.05, 3.63) is 41.4 Å². The molecule has 0 unspecified atom stereocenters. The Labute approximate surface area is 195 Å². The number of fused-ring (bicyclic) bond motifs is 1. The SMILES string of the molecule is Fc1c(Nc2ncnc3ccc(N4CC5(CCN5)C4)nc23)ccc(OC[C@H]2CCOC2)c1Cl. The first kappa shape index (κ1) is 20.8. The smallest absolute Gasteiger partial charge is 0.169 e. The molecule has 0 bridgehead atoms. The van der Waals surface area contributed by atoms with Gasteiger partial charge in [-0.05, 0) is 43.7 Å². The molecule has 0 saturated carbocycles. The van der Waals surface area contributed by atoms with E-state index in [1.165, 1.54) is 12.7 Å². The van der Waals surface area contributed by atoms with E-state index in [2.05, 4.69) is 25.5 Å². The van der Waals surface area contributed by atoms with Gasteiger partial charge in [-0.25, -0.2) is 19.3 Å².